The number of benzene rings is 2. The van der Waals surface area contributed by atoms with Crippen LogP contribution in [0, 0.1) is 13.8 Å². The number of halogens is 1. The van der Waals surface area contributed by atoms with E-state index in [1.165, 1.54) is 0 Å². The first kappa shape index (κ1) is 20.0. The summed E-state index contributed by atoms with van der Waals surface area (Å²) < 4.78 is 11.5. The van der Waals surface area contributed by atoms with Gasteiger partial charge in [-0.2, -0.15) is 0 Å². The summed E-state index contributed by atoms with van der Waals surface area (Å²) in [7, 11) is 0. The highest BCUT2D eigenvalue weighted by molar-refractivity contribution is 9.10. The van der Waals surface area contributed by atoms with Gasteiger partial charge in [0, 0.05) is 16.6 Å². The highest BCUT2D eigenvalue weighted by atomic mass is 79.9. The van der Waals surface area contributed by atoms with Crippen LogP contribution in [-0.4, -0.2) is 25.1 Å². The molecule has 0 heterocycles. The molecule has 0 bridgehead atoms. The maximum atomic E-state index is 11.8. The lowest BCUT2D eigenvalue weighted by atomic mass is 10.1. The maximum Gasteiger partial charge on any atom is 0.306 e. The molecule has 26 heavy (non-hydrogen) atoms. The van der Waals surface area contributed by atoms with Gasteiger partial charge in [-0.05, 0) is 61.7 Å². The second kappa shape index (κ2) is 9.97. The van der Waals surface area contributed by atoms with Crippen molar-refractivity contribution in [2.75, 3.05) is 18.5 Å². The van der Waals surface area contributed by atoms with Crippen molar-refractivity contribution in [2.24, 2.45) is 0 Å². The van der Waals surface area contributed by atoms with Crippen molar-refractivity contribution in [3.05, 3.63) is 58.1 Å². The van der Waals surface area contributed by atoms with E-state index >= 15 is 0 Å². The van der Waals surface area contributed by atoms with Crippen molar-refractivity contribution >= 4 is 33.5 Å². The zero-order chi connectivity index (χ0) is 18.9. The lowest BCUT2D eigenvalue weighted by Gasteiger charge is -2.09. The third-order valence-electron chi connectivity index (χ3n) is 3.74. The molecule has 1 amide bonds. The van der Waals surface area contributed by atoms with Gasteiger partial charge in [-0.3, -0.25) is 9.59 Å². The number of amides is 1. The van der Waals surface area contributed by atoms with Crippen molar-refractivity contribution in [3.63, 3.8) is 0 Å². The van der Waals surface area contributed by atoms with Gasteiger partial charge in [0.1, 0.15) is 5.75 Å². The van der Waals surface area contributed by atoms with Gasteiger partial charge in [-0.15, -0.1) is 0 Å². The van der Waals surface area contributed by atoms with Gasteiger partial charge in [0.15, 0.2) is 6.61 Å². The fourth-order valence-corrected chi connectivity index (χ4v) is 2.58. The minimum Gasteiger partial charge on any atom is -0.494 e. The second-order valence-corrected chi connectivity index (χ2v) is 6.83. The van der Waals surface area contributed by atoms with Gasteiger partial charge < -0.3 is 14.8 Å². The smallest absolute Gasteiger partial charge is 0.306 e. The average molecular weight is 420 g/mol. The highest BCUT2D eigenvalue weighted by Gasteiger charge is 2.08. The van der Waals surface area contributed by atoms with Crippen LogP contribution < -0.4 is 10.1 Å². The molecular weight excluding hydrogens is 398 g/mol. The molecule has 0 saturated carbocycles. The Morgan fingerprint density at radius 3 is 2.62 bits per heavy atom. The Hall–Kier alpha value is -2.34. The Labute approximate surface area is 161 Å². The van der Waals surface area contributed by atoms with E-state index in [0.717, 1.165) is 21.3 Å². The summed E-state index contributed by atoms with van der Waals surface area (Å²) in [6.07, 6.45) is 0.717. The number of esters is 1. The molecular formula is C20H22BrNO4. The Balaban J connectivity index is 1.63. The summed E-state index contributed by atoms with van der Waals surface area (Å²) in [5.74, 6) is -0.0365. The van der Waals surface area contributed by atoms with E-state index in [2.05, 4.69) is 21.2 Å². The van der Waals surface area contributed by atoms with Crippen LogP contribution in [0.2, 0.25) is 0 Å². The summed E-state index contributed by atoms with van der Waals surface area (Å²) in [6.45, 7) is 4.09. The van der Waals surface area contributed by atoms with Crippen molar-refractivity contribution in [1.29, 1.82) is 0 Å². The second-order valence-electron chi connectivity index (χ2n) is 5.92. The number of ether oxygens (including phenoxy) is 2. The first-order chi connectivity index (χ1) is 12.4. The molecule has 0 fully saturated rings. The zero-order valence-electron chi connectivity index (χ0n) is 14.9. The van der Waals surface area contributed by atoms with Gasteiger partial charge in [0.2, 0.25) is 0 Å². The van der Waals surface area contributed by atoms with E-state index in [4.69, 9.17) is 9.47 Å². The fourth-order valence-electron chi connectivity index (χ4n) is 2.20. The minimum atomic E-state index is -0.418. The molecule has 0 aliphatic rings. The van der Waals surface area contributed by atoms with E-state index in [0.29, 0.717) is 18.7 Å². The van der Waals surface area contributed by atoms with Crippen molar-refractivity contribution in [3.8, 4) is 5.75 Å². The van der Waals surface area contributed by atoms with Crippen molar-refractivity contribution in [2.45, 2.75) is 26.7 Å². The summed E-state index contributed by atoms with van der Waals surface area (Å²) in [5.41, 5.74) is 2.93. The fraction of sp³-hybridized carbons (Fsp3) is 0.300. The number of anilines is 1. The number of carbonyl (C=O) groups excluding carboxylic acids is 2. The molecule has 6 heteroatoms. The first-order valence-electron chi connectivity index (χ1n) is 8.35. The molecule has 2 rings (SSSR count). The third kappa shape index (κ3) is 6.88. The first-order valence-corrected chi connectivity index (χ1v) is 9.14. The van der Waals surface area contributed by atoms with E-state index in [1.54, 1.807) is 0 Å². The van der Waals surface area contributed by atoms with Crippen molar-refractivity contribution < 1.29 is 19.1 Å². The van der Waals surface area contributed by atoms with Crippen molar-refractivity contribution in [1.82, 2.24) is 0 Å². The summed E-state index contributed by atoms with van der Waals surface area (Å²) in [5, 5.41) is 2.71. The van der Waals surface area contributed by atoms with Crippen LogP contribution in [0.5, 0.6) is 5.75 Å². The lowest BCUT2D eigenvalue weighted by Crippen LogP contribution is -2.21. The van der Waals surface area contributed by atoms with Gasteiger partial charge in [0.25, 0.3) is 5.91 Å². The van der Waals surface area contributed by atoms with Crippen LogP contribution in [0.25, 0.3) is 0 Å². The van der Waals surface area contributed by atoms with Crippen LogP contribution in [-0.2, 0) is 14.3 Å². The molecule has 5 nitrogen and oxygen atoms in total. The van der Waals surface area contributed by atoms with Gasteiger partial charge >= 0.3 is 5.97 Å². The predicted octanol–water partition coefficient (Wildman–Crippen LogP) is 4.41. The van der Waals surface area contributed by atoms with Gasteiger partial charge in [0.05, 0.1) is 6.61 Å². The SMILES string of the molecule is Cc1ccc(NC(=O)COC(=O)CCCOc2cccc(Br)c2)cc1C. The molecule has 1 N–H and O–H groups in total. The summed E-state index contributed by atoms with van der Waals surface area (Å²) in [6, 6.07) is 13.1. The number of hydrogen-bond acceptors (Lipinski definition) is 4. The van der Waals surface area contributed by atoms with E-state index in [9.17, 15) is 9.59 Å². The molecule has 0 saturated heterocycles. The third-order valence-corrected chi connectivity index (χ3v) is 4.24. The van der Waals surface area contributed by atoms with E-state index in [-0.39, 0.29) is 18.9 Å². The van der Waals surface area contributed by atoms with Gasteiger partial charge in [-0.25, -0.2) is 0 Å². The van der Waals surface area contributed by atoms with E-state index < -0.39 is 5.97 Å². The molecule has 2 aromatic rings. The number of hydrogen-bond donors (Lipinski definition) is 1. The zero-order valence-corrected chi connectivity index (χ0v) is 16.5. The van der Waals surface area contributed by atoms with Crippen LogP contribution >= 0.6 is 15.9 Å². The highest BCUT2D eigenvalue weighted by Crippen LogP contribution is 2.18. The van der Waals surface area contributed by atoms with Crippen LogP contribution in [0.15, 0.2) is 46.9 Å². The molecule has 0 atom stereocenters. The number of rotatable bonds is 8. The van der Waals surface area contributed by atoms with Crippen LogP contribution in [0.4, 0.5) is 5.69 Å². The molecule has 0 unspecified atom stereocenters. The average Bonchev–Trinajstić information content (AvgIpc) is 2.60. The monoisotopic (exact) mass is 419 g/mol. The molecule has 0 spiro atoms. The largest absolute Gasteiger partial charge is 0.494 e. The Kier molecular flexibility index (Phi) is 7.66. The molecule has 0 radical (unpaired) electrons. The van der Waals surface area contributed by atoms with Crippen LogP contribution in [0.3, 0.4) is 0 Å². The lowest BCUT2D eigenvalue weighted by molar-refractivity contribution is -0.147. The molecule has 0 aromatic heterocycles. The Morgan fingerprint density at radius 1 is 1.08 bits per heavy atom. The molecule has 0 aliphatic heterocycles. The molecule has 138 valence electrons. The molecule has 2 aromatic carbocycles. The number of carbonyl (C=O) groups is 2. The Bertz CT molecular complexity index is 776. The van der Waals surface area contributed by atoms with Gasteiger partial charge in [-0.1, -0.05) is 28.1 Å². The number of aryl methyl sites for hydroxylation is 2. The quantitative estimate of drug-likeness (QED) is 0.508. The normalized spacial score (nSPS) is 10.3. The van der Waals surface area contributed by atoms with Crippen LogP contribution in [0.1, 0.15) is 24.0 Å². The molecule has 0 aliphatic carbocycles. The Morgan fingerprint density at radius 2 is 1.88 bits per heavy atom. The van der Waals surface area contributed by atoms with E-state index in [1.807, 2.05) is 56.3 Å². The number of nitrogens with one attached hydrogen (secondary N) is 1. The summed E-state index contributed by atoms with van der Waals surface area (Å²) >= 11 is 3.37. The maximum absolute atomic E-state index is 11.8. The topological polar surface area (TPSA) is 64.6 Å². The predicted molar refractivity (Wildman–Crippen MR) is 104 cm³/mol. The standard InChI is InChI=1S/C20H22BrNO4/c1-14-8-9-17(11-15(14)2)22-19(23)13-26-20(24)7-4-10-25-18-6-3-5-16(21)12-18/h3,5-6,8-9,11-12H,4,7,10,13H2,1-2H3,(H,22,23). The summed E-state index contributed by atoms with van der Waals surface area (Å²) in [4.78, 5) is 23.5. The minimum absolute atomic E-state index is 0.199.